The number of nitrogens with zero attached hydrogens (tertiary/aromatic N) is 3. The fourth-order valence-electron chi connectivity index (χ4n) is 3.90. The number of benzene rings is 1. The summed E-state index contributed by atoms with van der Waals surface area (Å²) in [6.07, 6.45) is 4.87. The number of aromatic nitrogens is 2. The van der Waals surface area contributed by atoms with E-state index in [1.165, 1.54) is 11.3 Å². The van der Waals surface area contributed by atoms with Gasteiger partial charge < -0.3 is 15.8 Å². The number of rotatable bonds is 5. The van der Waals surface area contributed by atoms with Crippen molar-refractivity contribution in [1.29, 1.82) is 0 Å². The van der Waals surface area contributed by atoms with Crippen LogP contribution in [-0.2, 0) is 0 Å². The molecular weight excluding hydrogens is 388 g/mol. The SMILES string of the molecule is Cc1nn(-c2ccccc2N([O-])O)c(C)c1C1C=CC(NC(=O)c2cccs2)C1. The topological polar surface area (TPSA) is 93.5 Å². The van der Waals surface area contributed by atoms with Gasteiger partial charge in [0.2, 0.25) is 0 Å². The molecule has 4 rings (SSSR count). The number of aryl methyl sites for hydroxylation is 1. The van der Waals surface area contributed by atoms with E-state index in [-0.39, 0.29) is 28.8 Å². The van der Waals surface area contributed by atoms with Gasteiger partial charge in [0.25, 0.3) is 5.91 Å². The van der Waals surface area contributed by atoms with Crippen molar-refractivity contribution in [2.45, 2.75) is 32.2 Å². The zero-order valence-electron chi connectivity index (χ0n) is 16.1. The van der Waals surface area contributed by atoms with E-state index in [9.17, 15) is 15.2 Å². The van der Waals surface area contributed by atoms with Crippen LogP contribution in [0.5, 0.6) is 0 Å². The maximum Gasteiger partial charge on any atom is 0.261 e. The normalized spacial score (nSPS) is 18.2. The van der Waals surface area contributed by atoms with Gasteiger partial charge in [-0.15, -0.1) is 11.3 Å². The largest absolute Gasteiger partial charge is 0.733 e. The molecule has 2 aromatic heterocycles. The monoisotopic (exact) mass is 409 g/mol. The number of carbonyl (C=O) groups excluding carboxylic acids is 1. The van der Waals surface area contributed by atoms with Crippen LogP contribution in [0, 0.1) is 19.1 Å². The molecule has 29 heavy (non-hydrogen) atoms. The van der Waals surface area contributed by atoms with Crippen molar-refractivity contribution >= 4 is 22.9 Å². The number of carbonyl (C=O) groups is 1. The lowest BCUT2D eigenvalue weighted by atomic mass is 9.96. The number of hydrogen-bond acceptors (Lipinski definition) is 6. The molecule has 2 N–H and O–H groups in total. The highest BCUT2D eigenvalue weighted by molar-refractivity contribution is 7.12. The summed E-state index contributed by atoms with van der Waals surface area (Å²) in [5.41, 5.74) is 3.47. The maximum atomic E-state index is 12.3. The van der Waals surface area contributed by atoms with Crippen LogP contribution >= 0.6 is 11.3 Å². The molecule has 0 radical (unpaired) electrons. The molecule has 3 aromatic rings. The first-order chi connectivity index (χ1) is 14.0. The van der Waals surface area contributed by atoms with Crippen molar-refractivity contribution < 1.29 is 10.0 Å². The second kappa shape index (κ2) is 7.82. The number of nitrogens with one attached hydrogen (secondary N) is 1. The third-order valence-electron chi connectivity index (χ3n) is 5.18. The zero-order chi connectivity index (χ0) is 20.5. The summed E-state index contributed by atoms with van der Waals surface area (Å²) in [7, 11) is 0. The Kier molecular flexibility index (Phi) is 5.23. The minimum absolute atomic E-state index is 0.0430. The first-order valence-electron chi connectivity index (χ1n) is 9.30. The predicted molar refractivity (Wildman–Crippen MR) is 113 cm³/mol. The second-order valence-electron chi connectivity index (χ2n) is 7.04. The highest BCUT2D eigenvalue weighted by atomic mass is 32.1. The van der Waals surface area contributed by atoms with Gasteiger partial charge in [0.15, 0.2) is 0 Å². The summed E-state index contributed by atoms with van der Waals surface area (Å²) < 4.78 is 1.69. The molecule has 2 atom stereocenters. The van der Waals surface area contributed by atoms with Gasteiger partial charge in [-0.1, -0.05) is 30.4 Å². The van der Waals surface area contributed by atoms with E-state index in [1.54, 1.807) is 28.9 Å². The van der Waals surface area contributed by atoms with E-state index in [1.807, 2.05) is 37.4 Å². The molecule has 1 aliphatic rings. The van der Waals surface area contributed by atoms with Crippen molar-refractivity contribution in [2.75, 3.05) is 5.23 Å². The Hall–Kier alpha value is -2.94. The molecule has 7 nitrogen and oxygen atoms in total. The van der Waals surface area contributed by atoms with E-state index >= 15 is 0 Å². The first-order valence-corrected chi connectivity index (χ1v) is 10.2. The van der Waals surface area contributed by atoms with Crippen LogP contribution in [0.25, 0.3) is 5.69 Å². The lowest BCUT2D eigenvalue weighted by Gasteiger charge is -2.24. The van der Waals surface area contributed by atoms with Crippen LogP contribution < -0.4 is 10.5 Å². The molecule has 1 amide bonds. The molecule has 150 valence electrons. The molecule has 1 aromatic carbocycles. The average molecular weight is 409 g/mol. The molecule has 0 aliphatic heterocycles. The third kappa shape index (κ3) is 3.69. The Balaban J connectivity index is 1.57. The molecule has 1 aliphatic carbocycles. The van der Waals surface area contributed by atoms with Gasteiger partial charge >= 0.3 is 0 Å². The summed E-state index contributed by atoms with van der Waals surface area (Å²) >= 11 is 1.42. The average Bonchev–Trinajstić information content (AvgIpc) is 3.43. The van der Waals surface area contributed by atoms with Crippen LogP contribution in [0.1, 0.15) is 39.0 Å². The Morgan fingerprint density at radius 2 is 2.07 bits per heavy atom. The van der Waals surface area contributed by atoms with Crippen LogP contribution in [0.4, 0.5) is 5.69 Å². The second-order valence-corrected chi connectivity index (χ2v) is 7.99. The molecule has 0 saturated heterocycles. The molecule has 0 fully saturated rings. The summed E-state index contributed by atoms with van der Waals surface area (Å²) in [5.74, 6) is 0.0499. The van der Waals surface area contributed by atoms with Crippen molar-refractivity contribution in [3.8, 4) is 5.69 Å². The Morgan fingerprint density at radius 3 is 2.79 bits per heavy atom. The number of hydrogen-bond donors (Lipinski definition) is 2. The molecule has 0 saturated carbocycles. The highest BCUT2D eigenvalue weighted by Crippen LogP contribution is 2.35. The van der Waals surface area contributed by atoms with Crippen molar-refractivity contribution in [3.05, 3.63) is 81.0 Å². The van der Waals surface area contributed by atoms with Crippen LogP contribution in [0.3, 0.4) is 0 Å². The van der Waals surface area contributed by atoms with E-state index in [4.69, 9.17) is 0 Å². The minimum Gasteiger partial charge on any atom is -0.733 e. The number of thiophene rings is 1. The Bertz CT molecular complexity index is 1060. The maximum absolute atomic E-state index is 12.3. The zero-order valence-corrected chi connectivity index (χ0v) is 16.9. The quantitative estimate of drug-likeness (QED) is 0.489. The third-order valence-corrected chi connectivity index (χ3v) is 6.05. The fourth-order valence-corrected chi connectivity index (χ4v) is 4.53. The predicted octanol–water partition coefficient (Wildman–Crippen LogP) is 4.09. The van der Waals surface area contributed by atoms with E-state index < -0.39 is 0 Å². The van der Waals surface area contributed by atoms with Gasteiger partial charge in [-0.25, -0.2) is 4.68 Å². The van der Waals surface area contributed by atoms with Gasteiger partial charge in [0.1, 0.15) is 0 Å². The van der Waals surface area contributed by atoms with Crippen LogP contribution in [-0.4, -0.2) is 26.9 Å². The van der Waals surface area contributed by atoms with E-state index in [0.717, 1.165) is 23.4 Å². The highest BCUT2D eigenvalue weighted by Gasteiger charge is 2.27. The number of anilines is 1. The summed E-state index contributed by atoms with van der Waals surface area (Å²) in [4.78, 5) is 13.0. The Morgan fingerprint density at radius 1 is 1.28 bits per heavy atom. The summed E-state index contributed by atoms with van der Waals surface area (Å²) in [6.45, 7) is 3.88. The first kappa shape index (κ1) is 19.4. The summed E-state index contributed by atoms with van der Waals surface area (Å²) in [5, 5.41) is 30.4. The molecule has 2 heterocycles. The number of para-hydroxylation sites is 2. The van der Waals surface area contributed by atoms with Crippen molar-refractivity contribution in [1.82, 2.24) is 15.1 Å². The lowest BCUT2D eigenvalue weighted by molar-refractivity contribution is 0.0948. The van der Waals surface area contributed by atoms with Gasteiger partial charge in [-0.2, -0.15) is 5.10 Å². The minimum atomic E-state index is -0.142. The number of amides is 1. The van der Waals surface area contributed by atoms with Gasteiger partial charge in [-0.3, -0.25) is 10.0 Å². The standard InChI is InChI=1S/C21H21N4O3S/c1-13-20(14(2)24(23-13)17-6-3-4-7-18(17)25(27)28)15-9-10-16(12-15)22-21(26)19-8-5-11-29-19/h3-11,15-16,27H,12H2,1-2H3,(H,22,26)/q-1. The van der Waals surface area contributed by atoms with Gasteiger partial charge in [0.05, 0.1) is 21.9 Å². The molecule has 0 bridgehead atoms. The van der Waals surface area contributed by atoms with Crippen LogP contribution in [0.2, 0.25) is 0 Å². The molecule has 0 spiro atoms. The van der Waals surface area contributed by atoms with E-state index in [0.29, 0.717) is 10.6 Å². The lowest BCUT2D eigenvalue weighted by Crippen LogP contribution is -2.32. The van der Waals surface area contributed by atoms with Crippen molar-refractivity contribution in [2.24, 2.45) is 0 Å². The summed E-state index contributed by atoms with van der Waals surface area (Å²) in [6, 6.07) is 10.4. The van der Waals surface area contributed by atoms with Gasteiger partial charge in [0, 0.05) is 23.2 Å². The van der Waals surface area contributed by atoms with Crippen molar-refractivity contribution in [3.63, 3.8) is 0 Å². The smallest absolute Gasteiger partial charge is 0.261 e. The molecule has 8 heteroatoms. The molecule has 2 unspecified atom stereocenters. The Labute approximate surface area is 172 Å². The van der Waals surface area contributed by atoms with Gasteiger partial charge in [-0.05, 0) is 43.8 Å². The van der Waals surface area contributed by atoms with E-state index in [2.05, 4.69) is 16.5 Å². The number of allylic oxidation sites excluding steroid dienone is 1. The fraction of sp³-hybridized carbons (Fsp3) is 0.238. The van der Waals surface area contributed by atoms with Crippen LogP contribution in [0.15, 0.2) is 53.9 Å². The molecular formula is C21H21N4O3S-.